The lowest BCUT2D eigenvalue weighted by Gasteiger charge is -2.25. The first kappa shape index (κ1) is 27.1. The van der Waals surface area contributed by atoms with E-state index in [2.05, 4.69) is 39.5 Å². The zero-order chi connectivity index (χ0) is 24.8. The van der Waals surface area contributed by atoms with Crippen LogP contribution in [0.15, 0.2) is 94.1 Å². The lowest BCUT2D eigenvalue weighted by molar-refractivity contribution is 0.0750. The van der Waals surface area contributed by atoms with Crippen molar-refractivity contribution >= 4 is 17.7 Å². The quantitative estimate of drug-likeness (QED) is 0.380. The summed E-state index contributed by atoms with van der Waals surface area (Å²) in [6.45, 7) is 23.9. The van der Waals surface area contributed by atoms with Gasteiger partial charge in [0.1, 0.15) is 0 Å². The van der Waals surface area contributed by atoms with E-state index in [-0.39, 0.29) is 54.7 Å². The SMILES string of the molecule is C=CCN(CC=C)C(=O)c1ccc(C(=O)N(CC=C)CC=C)c(C(=O)N(CC=C)CC=C)c1. The van der Waals surface area contributed by atoms with E-state index in [0.717, 1.165) is 0 Å². The Labute approximate surface area is 197 Å². The molecule has 1 rings (SSSR count). The van der Waals surface area contributed by atoms with E-state index in [9.17, 15) is 14.4 Å². The lowest BCUT2D eigenvalue weighted by atomic mass is 10.00. The maximum atomic E-state index is 13.4. The van der Waals surface area contributed by atoms with Crippen LogP contribution in [0.2, 0.25) is 0 Å². The fourth-order valence-corrected chi connectivity index (χ4v) is 3.22. The van der Waals surface area contributed by atoms with Gasteiger partial charge in [0.05, 0.1) is 11.1 Å². The zero-order valence-electron chi connectivity index (χ0n) is 19.2. The van der Waals surface area contributed by atoms with Crippen molar-refractivity contribution in [3.8, 4) is 0 Å². The summed E-state index contributed by atoms with van der Waals surface area (Å²) in [5, 5.41) is 0. The van der Waals surface area contributed by atoms with Crippen LogP contribution in [0.3, 0.4) is 0 Å². The molecule has 0 aliphatic heterocycles. The molecule has 0 saturated carbocycles. The van der Waals surface area contributed by atoms with Gasteiger partial charge in [-0.3, -0.25) is 14.4 Å². The number of rotatable bonds is 15. The van der Waals surface area contributed by atoms with Crippen molar-refractivity contribution < 1.29 is 14.4 Å². The minimum Gasteiger partial charge on any atom is -0.331 e. The van der Waals surface area contributed by atoms with Gasteiger partial charge in [0.15, 0.2) is 0 Å². The van der Waals surface area contributed by atoms with Crippen molar-refractivity contribution in [2.24, 2.45) is 0 Å². The van der Waals surface area contributed by atoms with E-state index < -0.39 is 5.91 Å². The smallest absolute Gasteiger partial charge is 0.255 e. The molecular formula is C27H33N3O3. The van der Waals surface area contributed by atoms with Crippen molar-refractivity contribution in [1.82, 2.24) is 14.7 Å². The standard InChI is InChI=1S/C27H33N3O3/c1-7-15-28(16-8-2)25(31)22-13-14-23(26(32)29(17-9-3)18-10-4)24(21-22)27(33)30(19-11-5)20-12-6/h7-14,21H,1-6,15-20H2. The predicted octanol–water partition coefficient (Wildman–Crippen LogP) is 4.13. The van der Waals surface area contributed by atoms with Gasteiger partial charge >= 0.3 is 0 Å². The summed E-state index contributed by atoms with van der Waals surface area (Å²) in [6.07, 6.45) is 9.62. The normalized spacial score (nSPS) is 9.82. The van der Waals surface area contributed by atoms with Crippen molar-refractivity contribution in [2.45, 2.75) is 0 Å². The van der Waals surface area contributed by atoms with E-state index in [4.69, 9.17) is 0 Å². The van der Waals surface area contributed by atoms with Crippen molar-refractivity contribution in [2.75, 3.05) is 39.3 Å². The number of hydrogen-bond acceptors (Lipinski definition) is 3. The molecule has 0 aliphatic carbocycles. The van der Waals surface area contributed by atoms with Gasteiger partial charge < -0.3 is 14.7 Å². The fourth-order valence-electron chi connectivity index (χ4n) is 3.22. The van der Waals surface area contributed by atoms with Crippen LogP contribution in [-0.2, 0) is 0 Å². The lowest BCUT2D eigenvalue weighted by Crippen LogP contribution is -2.36. The van der Waals surface area contributed by atoms with Crippen LogP contribution in [0.4, 0.5) is 0 Å². The molecule has 1 aromatic carbocycles. The molecule has 0 unspecified atom stereocenters. The topological polar surface area (TPSA) is 60.9 Å². The molecule has 174 valence electrons. The molecule has 1 aromatic rings. The Morgan fingerprint density at radius 1 is 0.545 bits per heavy atom. The Hall–Kier alpha value is -3.93. The third kappa shape index (κ3) is 7.31. The molecule has 0 aromatic heterocycles. The maximum Gasteiger partial charge on any atom is 0.255 e. The average molecular weight is 448 g/mol. The Kier molecular flexibility index (Phi) is 11.7. The summed E-state index contributed by atoms with van der Waals surface area (Å²) < 4.78 is 0. The summed E-state index contributed by atoms with van der Waals surface area (Å²) in [5.41, 5.74) is 0.608. The highest BCUT2D eigenvalue weighted by atomic mass is 16.2. The molecular weight excluding hydrogens is 414 g/mol. The van der Waals surface area contributed by atoms with E-state index in [1.54, 1.807) is 42.5 Å². The molecule has 0 spiro atoms. The number of benzene rings is 1. The number of amides is 3. The van der Waals surface area contributed by atoms with Crippen LogP contribution >= 0.6 is 0 Å². The molecule has 33 heavy (non-hydrogen) atoms. The van der Waals surface area contributed by atoms with Gasteiger partial charge in [-0.25, -0.2) is 0 Å². The van der Waals surface area contributed by atoms with Gasteiger partial charge in [0.2, 0.25) is 0 Å². The highest BCUT2D eigenvalue weighted by molar-refractivity contribution is 6.09. The van der Waals surface area contributed by atoms with Crippen molar-refractivity contribution in [3.05, 3.63) is 111 Å². The summed E-state index contributed by atoms with van der Waals surface area (Å²) in [5.74, 6) is -1.05. The third-order valence-corrected chi connectivity index (χ3v) is 4.69. The second-order valence-electron chi connectivity index (χ2n) is 7.12. The second-order valence-corrected chi connectivity index (χ2v) is 7.12. The van der Waals surface area contributed by atoms with Crippen LogP contribution in [0, 0.1) is 0 Å². The van der Waals surface area contributed by atoms with Crippen molar-refractivity contribution in [1.29, 1.82) is 0 Å². The van der Waals surface area contributed by atoms with Gasteiger partial charge in [-0.15, -0.1) is 39.5 Å². The molecule has 0 heterocycles. The summed E-state index contributed by atoms with van der Waals surface area (Å²) in [6, 6.07) is 4.54. The minimum atomic E-state index is -0.399. The van der Waals surface area contributed by atoms with E-state index in [1.807, 2.05) is 0 Å². The number of hydrogen-bond donors (Lipinski definition) is 0. The van der Waals surface area contributed by atoms with E-state index in [0.29, 0.717) is 13.1 Å². The number of nitrogens with zero attached hydrogens (tertiary/aromatic N) is 3. The van der Waals surface area contributed by atoms with Crippen LogP contribution < -0.4 is 0 Å². The van der Waals surface area contributed by atoms with E-state index >= 15 is 0 Å². The van der Waals surface area contributed by atoms with Gasteiger partial charge in [-0.05, 0) is 18.2 Å². The molecule has 0 saturated heterocycles. The largest absolute Gasteiger partial charge is 0.331 e. The van der Waals surface area contributed by atoms with Crippen molar-refractivity contribution in [3.63, 3.8) is 0 Å². The van der Waals surface area contributed by atoms with Gasteiger partial charge in [0.25, 0.3) is 17.7 Å². The molecule has 6 nitrogen and oxygen atoms in total. The Morgan fingerprint density at radius 2 is 0.879 bits per heavy atom. The predicted molar refractivity (Wildman–Crippen MR) is 135 cm³/mol. The second kappa shape index (κ2) is 14.2. The molecule has 3 amide bonds. The van der Waals surface area contributed by atoms with E-state index in [1.165, 1.54) is 26.8 Å². The first-order chi connectivity index (χ1) is 15.9. The van der Waals surface area contributed by atoms with Crippen LogP contribution in [0.5, 0.6) is 0 Å². The molecule has 0 radical (unpaired) electrons. The Morgan fingerprint density at radius 3 is 1.24 bits per heavy atom. The minimum absolute atomic E-state index is 0.129. The monoisotopic (exact) mass is 447 g/mol. The first-order valence-electron chi connectivity index (χ1n) is 10.6. The van der Waals surface area contributed by atoms with Gasteiger partial charge in [-0.2, -0.15) is 0 Å². The third-order valence-electron chi connectivity index (χ3n) is 4.69. The number of carbonyl (C=O) groups is 3. The molecule has 0 atom stereocenters. The fraction of sp³-hybridized carbons (Fsp3) is 0.222. The van der Waals surface area contributed by atoms with Gasteiger partial charge in [-0.1, -0.05) is 36.5 Å². The van der Waals surface area contributed by atoms with Crippen LogP contribution in [-0.4, -0.2) is 71.7 Å². The Bertz CT molecular complexity index is 903. The molecule has 0 N–H and O–H groups in total. The first-order valence-corrected chi connectivity index (χ1v) is 10.6. The molecule has 0 aliphatic rings. The highest BCUT2D eigenvalue weighted by Gasteiger charge is 2.26. The number of carbonyl (C=O) groups excluding carboxylic acids is 3. The zero-order valence-corrected chi connectivity index (χ0v) is 19.2. The van der Waals surface area contributed by atoms with Gasteiger partial charge in [0, 0.05) is 44.8 Å². The van der Waals surface area contributed by atoms with Crippen LogP contribution in [0.1, 0.15) is 31.1 Å². The molecule has 0 fully saturated rings. The molecule has 0 bridgehead atoms. The summed E-state index contributed by atoms with van der Waals surface area (Å²) in [7, 11) is 0. The average Bonchev–Trinajstić information content (AvgIpc) is 2.82. The summed E-state index contributed by atoms with van der Waals surface area (Å²) in [4.78, 5) is 44.4. The highest BCUT2D eigenvalue weighted by Crippen LogP contribution is 2.19. The summed E-state index contributed by atoms with van der Waals surface area (Å²) >= 11 is 0. The Balaban J connectivity index is 3.62. The maximum absolute atomic E-state index is 13.4. The van der Waals surface area contributed by atoms with Crippen LogP contribution in [0.25, 0.3) is 0 Å². The molecule has 6 heteroatoms.